The largest absolute Gasteiger partial charge is 0.354 e. The molecule has 4 heteroatoms. The van der Waals surface area contributed by atoms with E-state index >= 15 is 0 Å². The molecule has 0 saturated heterocycles. The summed E-state index contributed by atoms with van der Waals surface area (Å²) >= 11 is 0. The van der Waals surface area contributed by atoms with E-state index in [-0.39, 0.29) is 24.2 Å². The van der Waals surface area contributed by atoms with Crippen molar-refractivity contribution in [3.05, 3.63) is 144 Å². The molecule has 4 aromatic rings. The average molecular weight is 505 g/mol. The Labute approximate surface area is 226 Å². The summed E-state index contributed by atoms with van der Waals surface area (Å²) < 4.78 is 0. The zero-order valence-corrected chi connectivity index (χ0v) is 22.0. The van der Waals surface area contributed by atoms with Crippen molar-refractivity contribution in [1.29, 1.82) is 0 Å². The Hall–Kier alpha value is -4.18. The molecule has 1 atom stereocenters. The second-order valence-electron chi connectivity index (χ2n) is 9.58. The quantitative estimate of drug-likeness (QED) is 0.244. The second kappa shape index (κ2) is 13.9. The van der Waals surface area contributed by atoms with E-state index in [2.05, 4.69) is 29.6 Å². The van der Waals surface area contributed by atoms with Crippen LogP contribution in [0.15, 0.2) is 121 Å². The highest BCUT2D eigenvalue weighted by Gasteiger charge is 2.32. The van der Waals surface area contributed by atoms with E-state index in [1.54, 1.807) is 4.90 Å². The number of benzene rings is 4. The Morgan fingerprint density at radius 2 is 1.16 bits per heavy atom. The summed E-state index contributed by atoms with van der Waals surface area (Å²) in [5, 5.41) is 3.06. The Kier molecular flexibility index (Phi) is 9.86. The van der Waals surface area contributed by atoms with Crippen LogP contribution in [-0.4, -0.2) is 29.3 Å². The lowest BCUT2D eigenvalue weighted by Crippen LogP contribution is -2.50. The van der Waals surface area contributed by atoms with E-state index in [0.29, 0.717) is 19.5 Å². The Morgan fingerprint density at radius 3 is 1.66 bits per heavy atom. The van der Waals surface area contributed by atoms with Crippen LogP contribution < -0.4 is 5.32 Å². The number of carbonyl (C=O) groups excluding carboxylic acids is 2. The molecule has 0 spiro atoms. The fourth-order valence-corrected chi connectivity index (χ4v) is 4.79. The van der Waals surface area contributed by atoms with Gasteiger partial charge in [0.2, 0.25) is 11.8 Å². The number of rotatable bonds is 12. The number of nitrogens with one attached hydrogen (secondary N) is 1. The summed E-state index contributed by atoms with van der Waals surface area (Å²) in [4.78, 5) is 29.6. The van der Waals surface area contributed by atoms with Gasteiger partial charge in [-0.25, -0.2) is 0 Å². The summed E-state index contributed by atoms with van der Waals surface area (Å²) in [7, 11) is 0. The molecule has 0 aliphatic heterocycles. The number of amides is 2. The van der Waals surface area contributed by atoms with Crippen LogP contribution in [0.2, 0.25) is 0 Å². The predicted octanol–water partition coefficient (Wildman–Crippen LogP) is 6.37. The average Bonchev–Trinajstić information content (AvgIpc) is 2.98. The third kappa shape index (κ3) is 7.42. The highest BCUT2D eigenvalue weighted by Crippen LogP contribution is 2.29. The monoisotopic (exact) mass is 504 g/mol. The zero-order valence-electron chi connectivity index (χ0n) is 22.0. The molecule has 0 aliphatic carbocycles. The van der Waals surface area contributed by atoms with Gasteiger partial charge in [0.05, 0.1) is 0 Å². The van der Waals surface area contributed by atoms with Crippen LogP contribution in [0.1, 0.15) is 47.9 Å². The predicted molar refractivity (Wildman–Crippen MR) is 154 cm³/mol. The minimum Gasteiger partial charge on any atom is -0.354 e. The smallest absolute Gasteiger partial charge is 0.243 e. The molecule has 1 unspecified atom stereocenters. The van der Waals surface area contributed by atoms with Gasteiger partial charge in [0.15, 0.2) is 0 Å². The van der Waals surface area contributed by atoms with Gasteiger partial charge >= 0.3 is 0 Å². The van der Waals surface area contributed by atoms with Crippen molar-refractivity contribution in [2.45, 2.75) is 44.7 Å². The number of carbonyl (C=O) groups is 2. The van der Waals surface area contributed by atoms with Crippen LogP contribution in [0.4, 0.5) is 0 Å². The standard InChI is InChI=1S/C34H36N2O2/c1-2-23-35-34(38)32(24-27-15-7-3-8-16-27)36(26-28-17-9-4-10-18-28)33(37)25-31(29-19-11-5-12-20-29)30-21-13-6-14-22-30/h3-22,31-32H,2,23-26H2,1H3,(H,35,38). The van der Waals surface area contributed by atoms with Crippen LogP contribution >= 0.6 is 0 Å². The molecule has 0 saturated carbocycles. The van der Waals surface area contributed by atoms with Gasteiger partial charge in [0, 0.05) is 31.8 Å². The zero-order chi connectivity index (χ0) is 26.6. The molecule has 38 heavy (non-hydrogen) atoms. The molecule has 0 aromatic heterocycles. The van der Waals surface area contributed by atoms with Crippen molar-refractivity contribution >= 4 is 11.8 Å². The Bertz CT molecular complexity index is 1220. The minimum atomic E-state index is -0.621. The normalized spacial score (nSPS) is 11.6. The second-order valence-corrected chi connectivity index (χ2v) is 9.58. The Balaban J connectivity index is 1.70. The van der Waals surface area contributed by atoms with E-state index < -0.39 is 6.04 Å². The molecule has 0 bridgehead atoms. The molecule has 0 fully saturated rings. The lowest BCUT2D eigenvalue weighted by molar-refractivity contribution is -0.141. The van der Waals surface area contributed by atoms with Crippen molar-refractivity contribution < 1.29 is 9.59 Å². The van der Waals surface area contributed by atoms with Crippen LogP contribution in [0.5, 0.6) is 0 Å². The van der Waals surface area contributed by atoms with Crippen LogP contribution in [0.25, 0.3) is 0 Å². The molecule has 4 aromatic carbocycles. The summed E-state index contributed by atoms with van der Waals surface area (Å²) in [6, 6.07) is 39.5. The van der Waals surface area contributed by atoms with Crippen molar-refractivity contribution in [3.63, 3.8) is 0 Å². The topological polar surface area (TPSA) is 49.4 Å². The van der Waals surface area contributed by atoms with Crippen molar-refractivity contribution in [1.82, 2.24) is 10.2 Å². The number of hydrogen-bond acceptors (Lipinski definition) is 2. The molecule has 0 aliphatic rings. The van der Waals surface area contributed by atoms with Crippen molar-refractivity contribution in [3.8, 4) is 0 Å². The van der Waals surface area contributed by atoms with E-state index in [1.165, 1.54) is 0 Å². The first kappa shape index (κ1) is 26.9. The summed E-state index contributed by atoms with van der Waals surface area (Å²) in [5.74, 6) is -0.269. The maximum Gasteiger partial charge on any atom is 0.243 e. The maximum absolute atomic E-state index is 14.3. The summed E-state index contributed by atoms with van der Waals surface area (Å²) in [6.45, 7) is 2.98. The van der Waals surface area contributed by atoms with E-state index in [4.69, 9.17) is 0 Å². The van der Waals surface area contributed by atoms with Gasteiger partial charge in [-0.2, -0.15) is 0 Å². The van der Waals surface area contributed by atoms with E-state index in [9.17, 15) is 9.59 Å². The third-order valence-electron chi connectivity index (χ3n) is 6.80. The van der Waals surface area contributed by atoms with Gasteiger partial charge in [0.1, 0.15) is 6.04 Å². The molecule has 0 radical (unpaired) electrons. The van der Waals surface area contributed by atoms with Crippen molar-refractivity contribution in [2.24, 2.45) is 0 Å². The van der Waals surface area contributed by atoms with Gasteiger partial charge < -0.3 is 10.2 Å². The molecule has 0 heterocycles. The first-order valence-corrected chi connectivity index (χ1v) is 13.4. The molecule has 4 rings (SSSR count). The number of hydrogen-bond donors (Lipinski definition) is 1. The minimum absolute atomic E-state index is 0.0425. The highest BCUT2D eigenvalue weighted by atomic mass is 16.2. The van der Waals surface area contributed by atoms with Gasteiger partial charge in [0.25, 0.3) is 0 Å². The fourth-order valence-electron chi connectivity index (χ4n) is 4.79. The lowest BCUT2D eigenvalue weighted by atomic mass is 9.87. The fraction of sp³-hybridized carbons (Fsp3) is 0.235. The molecule has 2 amide bonds. The lowest BCUT2D eigenvalue weighted by Gasteiger charge is -2.33. The van der Waals surface area contributed by atoms with Gasteiger partial charge in [-0.05, 0) is 28.7 Å². The first-order chi connectivity index (χ1) is 18.7. The Morgan fingerprint density at radius 1 is 0.684 bits per heavy atom. The van der Waals surface area contributed by atoms with Crippen LogP contribution in [0.3, 0.4) is 0 Å². The van der Waals surface area contributed by atoms with E-state index in [1.807, 2.05) is 104 Å². The molecule has 194 valence electrons. The molecule has 4 nitrogen and oxygen atoms in total. The summed E-state index contributed by atoms with van der Waals surface area (Å²) in [6.07, 6.45) is 1.56. The van der Waals surface area contributed by atoms with Crippen LogP contribution in [0, 0.1) is 0 Å². The van der Waals surface area contributed by atoms with Gasteiger partial charge in [-0.3, -0.25) is 9.59 Å². The van der Waals surface area contributed by atoms with Gasteiger partial charge in [-0.1, -0.05) is 128 Å². The number of nitrogens with zero attached hydrogens (tertiary/aromatic N) is 1. The first-order valence-electron chi connectivity index (χ1n) is 13.4. The molecular formula is C34H36N2O2. The summed E-state index contributed by atoms with van der Waals surface area (Å²) in [5.41, 5.74) is 4.19. The van der Waals surface area contributed by atoms with Crippen LogP contribution in [-0.2, 0) is 22.6 Å². The SMILES string of the molecule is CCCNC(=O)C(Cc1ccccc1)N(Cc1ccccc1)C(=O)CC(c1ccccc1)c1ccccc1. The molecular weight excluding hydrogens is 468 g/mol. The molecule has 1 N–H and O–H groups in total. The maximum atomic E-state index is 14.3. The van der Waals surface area contributed by atoms with Crippen molar-refractivity contribution in [2.75, 3.05) is 6.54 Å². The third-order valence-corrected chi connectivity index (χ3v) is 6.80. The van der Waals surface area contributed by atoms with Gasteiger partial charge in [-0.15, -0.1) is 0 Å². The highest BCUT2D eigenvalue weighted by molar-refractivity contribution is 5.88. The van der Waals surface area contributed by atoms with E-state index in [0.717, 1.165) is 28.7 Å².